The summed E-state index contributed by atoms with van der Waals surface area (Å²) in [7, 11) is 3.41. The van der Waals surface area contributed by atoms with E-state index in [0.717, 1.165) is 12.1 Å². The third-order valence-corrected chi connectivity index (χ3v) is 1.55. The molecule has 0 aliphatic carbocycles. The van der Waals surface area contributed by atoms with Crippen LogP contribution in [0.25, 0.3) is 0 Å². The number of amides is 1. The van der Waals surface area contributed by atoms with Gasteiger partial charge in [-0.05, 0) is 26.2 Å². The Kier molecular flexibility index (Phi) is 3.68. The standard InChI is InChI=1S/C9H11F2N3O/c1-14(2)5-8(15)12-6-3-4-7(10)13-9(6)11/h3-4H,5H2,1-2H3,(H,12,15). The van der Waals surface area contributed by atoms with E-state index in [1.54, 1.807) is 19.0 Å². The van der Waals surface area contributed by atoms with Gasteiger partial charge in [0.15, 0.2) is 0 Å². The van der Waals surface area contributed by atoms with Crippen LogP contribution in [0.5, 0.6) is 0 Å². The Morgan fingerprint density at radius 3 is 2.67 bits per heavy atom. The van der Waals surface area contributed by atoms with Crippen molar-refractivity contribution in [1.82, 2.24) is 9.88 Å². The molecule has 82 valence electrons. The zero-order chi connectivity index (χ0) is 11.4. The minimum Gasteiger partial charge on any atom is -0.321 e. The molecule has 0 saturated carbocycles. The van der Waals surface area contributed by atoms with Gasteiger partial charge in [-0.3, -0.25) is 4.79 Å². The second-order valence-corrected chi connectivity index (χ2v) is 3.26. The van der Waals surface area contributed by atoms with E-state index in [9.17, 15) is 13.6 Å². The van der Waals surface area contributed by atoms with Gasteiger partial charge >= 0.3 is 0 Å². The summed E-state index contributed by atoms with van der Waals surface area (Å²) < 4.78 is 25.4. The van der Waals surface area contributed by atoms with Gasteiger partial charge < -0.3 is 10.2 Å². The van der Waals surface area contributed by atoms with Crippen LogP contribution in [0.15, 0.2) is 12.1 Å². The van der Waals surface area contributed by atoms with E-state index < -0.39 is 11.9 Å². The van der Waals surface area contributed by atoms with Crippen molar-refractivity contribution in [3.8, 4) is 0 Å². The fourth-order valence-electron chi connectivity index (χ4n) is 0.982. The molecule has 1 rings (SSSR count). The Hall–Kier alpha value is -1.56. The molecule has 4 nitrogen and oxygen atoms in total. The van der Waals surface area contributed by atoms with Gasteiger partial charge in [-0.1, -0.05) is 0 Å². The van der Waals surface area contributed by atoms with Gasteiger partial charge in [-0.2, -0.15) is 13.8 Å². The van der Waals surface area contributed by atoms with E-state index in [2.05, 4.69) is 10.3 Å². The quantitative estimate of drug-likeness (QED) is 0.760. The summed E-state index contributed by atoms with van der Waals surface area (Å²) in [5.74, 6) is -2.33. The highest BCUT2D eigenvalue weighted by molar-refractivity contribution is 5.92. The van der Waals surface area contributed by atoms with Gasteiger partial charge in [0, 0.05) is 0 Å². The zero-order valence-electron chi connectivity index (χ0n) is 8.42. The molecule has 15 heavy (non-hydrogen) atoms. The first-order valence-corrected chi connectivity index (χ1v) is 4.25. The molecular weight excluding hydrogens is 204 g/mol. The average Bonchev–Trinajstić information content (AvgIpc) is 2.08. The van der Waals surface area contributed by atoms with Crippen LogP contribution >= 0.6 is 0 Å². The average molecular weight is 215 g/mol. The van der Waals surface area contributed by atoms with Gasteiger partial charge in [0.05, 0.1) is 12.2 Å². The smallest absolute Gasteiger partial charge is 0.239 e. The molecule has 1 heterocycles. The largest absolute Gasteiger partial charge is 0.321 e. The number of nitrogens with one attached hydrogen (secondary N) is 1. The molecule has 0 unspecified atom stereocenters. The molecule has 0 aliphatic rings. The van der Waals surface area contributed by atoms with E-state index in [1.807, 2.05) is 0 Å². The Labute approximate surface area is 85.9 Å². The van der Waals surface area contributed by atoms with Crippen molar-refractivity contribution in [2.24, 2.45) is 0 Å². The number of hydrogen-bond acceptors (Lipinski definition) is 3. The van der Waals surface area contributed by atoms with Crippen LogP contribution in [0.3, 0.4) is 0 Å². The molecule has 0 spiro atoms. The SMILES string of the molecule is CN(C)CC(=O)Nc1ccc(F)nc1F. The molecule has 0 aliphatic heterocycles. The van der Waals surface area contributed by atoms with E-state index in [4.69, 9.17) is 0 Å². The topological polar surface area (TPSA) is 45.2 Å². The number of rotatable bonds is 3. The fourth-order valence-corrected chi connectivity index (χ4v) is 0.982. The summed E-state index contributed by atoms with van der Waals surface area (Å²) in [4.78, 5) is 15.8. The van der Waals surface area contributed by atoms with Crippen LogP contribution < -0.4 is 5.32 Å². The van der Waals surface area contributed by atoms with Crippen molar-refractivity contribution in [2.45, 2.75) is 0 Å². The predicted octanol–water partition coefficient (Wildman–Crippen LogP) is 0.860. The maximum atomic E-state index is 13.0. The Morgan fingerprint density at radius 1 is 1.47 bits per heavy atom. The predicted molar refractivity (Wildman–Crippen MR) is 51.3 cm³/mol. The van der Waals surface area contributed by atoms with Crippen LogP contribution in [0.1, 0.15) is 0 Å². The van der Waals surface area contributed by atoms with Crippen LogP contribution in [-0.4, -0.2) is 36.4 Å². The molecular formula is C9H11F2N3O. The fraction of sp³-hybridized carbons (Fsp3) is 0.333. The van der Waals surface area contributed by atoms with E-state index in [-0.39, 0.29) is 18.1 Å². The van der Waals surface area contributed by atoms with Crippen molar-refractivity contribution in [1.29, 1.82) is 0 Å². The molecule has 0 fully saturated rings. The molecule has 1 N–H and O–H groups in total. The first-order chi connectivity index (χ1) is 6.99. The van der Waals surface area contributed by atoms with Crippen molar-refractivity contribution in [3.63, 3.8) is 0 Å². The third-order valence-electron chi connectivity index (χ3n) is 1.55. The van der Waals surface area contributed by atoms with Crippen LogP contribution in [0, 0.1) is 11.9 Å². The highest BCUT2D eigenvalue weighted by Gasteiger charge is 2.09. The molecule has 1 amide bonds. The number of anilines is 1. The van der Waals surface area contributed by atoms with Crippen molar-refractivity contribution < 1.29 is 13.6 Å². The van der Waals surface area contributed by atoms with Crippen molar-refractivity contribution in [2.75, 3.05) is 26.0 Å². The number of aromatic nitrogens is 1. The first-order valence-electron chi connectivity index (χ1n) is 4.25. The summed E-state index contributed by atoms with van der Waals surface area (Å²) in [5.41, 5.74) is -0.122. The molecule has 1 aromatic rings. The number of hydrogen-bond donors (Lipinski definition) is 1. The second kappa shape index (κ2) is 4.79. The first kappa shape index (κ1) is 11.5. The molecule has 0 radical (unpaired) electrons. The Morgan fingerprint density at radius 2 is 2.13 bits per heavy atom. The van der Waals surface area contributed by atoms with E-state index in [1.165, 1.54) is 0 Å². The Bertz CT molecular complexity index is 368. The summed E-state index contributed by atoms with van der Waals surface area (Å²) in [5, 5.41) is 2.28. The summed E-state index contributed by atoms with van der Waals surface area (Å²) in [6.07, 6.45) is 0. The summed E-state index contributed by atoms with van der Waals surface area (Å²) in [6.45, 7) is 0.122. The molecule has 1 aromatic heterocycles. The molecule has 0 bridgehead atoms. The number of carbonyl (C=O) groups is 1. The van der Waals surface area contributed by atoms with Gasteiger partial charge in [0.25, 0.3) is 0 Å². The number of pyridine rings is 1. The highest BCUT2D eigenvalue weighted by atomic mass is 19.1. The monoisotopic (exact) mass is 215 g/mol. The lowest BCUT2D eigenvalue weighted by Crippen LogP contribution is -2.27. The van der Waals surface area contributed by atoms with Crippen molar-refractivity contribution >= 4 is 11.6 Å². The second-order valence-electron chi connectivity index (χ2n) is 3.26. The number of nitrogens with zero attached hydrogens (tertiary/aromatic N) is 2. The van der Waals surface area contributed by atoms with Gasteiger partial charge in [0.2, 0.25) is 17.8 Å². The summed E-state index contributed by atoms with van der Waals surface area (Å²) in [6, 6.07) is 2.11. The molecule has 6 heteroatoms. The molecule has 0 aromatic carbocycles. The van der Waals surface area contributed by atoms with Crippen LogP contribution in [0.2, 0.25) is 0 Å². The maximum Gasteiger partial charge on any atom is 0.239 e. The minimum atomic E-state index is -1.03. The van der Waals surface area contributed by atoms with Crippen molar-refractivity contribution in [3.05, 3.63) is 24.0 Å². The minimum absolute atomic E-state index is 0.122. The Balaban J connectivity index is 2.68. The van der Waals surface area contributed by atoms with Gasteiger partial charge in [0.1, 0.15) is 0 Å². The lowest BCUT2D eigenvalue weighted by atomic mass is 10.4. The molecule has 0 atom stereocenters. The summed E-state index contributed by atoms with van der Waals surface area (Å²) >= 11 is 0. The zero-order valence-corrected chi connectivity index (χ0v) is 8.42. The van der Waals surface area contributed by atoms with Crippen LogP contribution in [0.4, 0.5) is 14.5 Å². The lowest BCUT2D eigenvalue weighted by molar-refractivity contribution is -0.116. The lowest BCUT2D eigenvalue weighted by Gasteiger charge is -2.09. The number of carbonyl (C=O) groups excluding carboxylic acids is 1. The van der Waals surface area contributed by atoms with Gasteiger partial charge in [-0.15, -0.1) is 0 Å². The van der Waals surface area contributed by atoms with Crippen LogP contribution in [-0.2, 0) is 4.79 Å². The van der Waals surface area contributed by atoms with Gasteiger partial charge in [-0.25, -0.2) is 0 Å². The van der Waals surface area contributed by atoms with E-state index >= 15 is 0 Å². The number of halogens is 2. The number of likely N-dealkylation sites (N-methyl/N-ethyl adjacent to an activating group) is 1. The maximum absolute atomic E-state index is 13.0. The molecule has 0 saturated heterocycles. The van der Waals surface area contributed by atoms with E-state index in [0.29, 0.717) is 0 Å². The highest BCUT2D eigenvalue weighted by Crippen LogP contribution is 2.11. The normalized spacial score (nSPS) is 10.5. The third kappa shape index (κ3) is 3.59.